The Morgan fingerprint density at radius 2 is 1.80 bits per heavy atom. The molecule has 1 N–H and O–H groups in total. The van der Waals surface area contributed by atoms with Gasteiger partial charge in [0.2, 0.25) is 5.91 Å². The van der Waals surface area contributed by atoms with E-state index in [2.05, 4.69) is 29.4 Å². The Morgan fingerprint density at radius 1 is 1.08 bits per heavy atom. The molecular formula is C21H20N2OS. The number of nitrogens with one attached hydrogen (secondary N) is 1. The van der Waals surface area contributed by atoms with Crippen molar-refractivity contribution >= 4 is 23.3 Å². The number of thiazole rings is 1. The SMILES string of the molecule is Cc1ccccc1-c1nc(C)c(CNC(=O)/C=C/c2ccccc2)s1. The van der Waals surface area contributed by atoms with E-state index >= 15 is 0 Å². The Balaban J connectivity index is 1.65. The first-order valence-corrected chi connectivity index (χ1v) is 8.98. The monoisotopic (exact) mass is 348 g/mol. The van der Waals surface area contributed by atoms with Gasteiger partial charge in [-0.1, -0.05) is 54.6 Å². The number of nitrogens with zero attached hydrogens (tertiary/aromatic N) is 1. The van der Waals surface area contributed by atoms with Crippen LogP contribution < -0.4 is 5.32 Å². The summed E-state index contributed by atoms with van der Waals surface area (Å²) in [7, 11) is 0. The van der Waals surface area contributed by atoms with Crippen LogP contribution in [-0.2, 0) is 11.3 Å². The van der Waals surface area contributed by atoms with E-state index in [1.807, 2.05) is 55.5 Å². The number of rotatable bonds is 5. The van der Waals surface area contributed by atoms with Gasteiger partial charge in [0.05, 0.1) is 12.2 Å². The van der Waals surface area contributed by atoms with Crippen LogP contribution in [0.25, 0.3) is 16.6 Å². The van der Waals surface area contributed by atoms with Gasteiger partial charge in [-0.25, -0.2) is 4.98 Å². The molecule has 0 aliphatic heterocycles. The number of aromatic nitrogens is 1. The van der Waals surface area contributed by atoms with Gasteiger partial charge in [-0.05, 0) is 31.1 Å². The molecule has 0 fully saturated rings. The van der Waals surface area contributed by atoms with E-state index in [0.29, 0.717) is 6.54 Å². The molecule has 0 unspecified atom stereocenters. The van der Waals surface area contributed by atoms with Crippen LogP contribution in [-0.4, -0.2) is 10.9 Å². The van der Waals surface area contributed by atoms with Gasteiger partial charge in [0.15, 0.2) is 0 Å². The molecule has 0 saturated carbocycles. The molecule has 2 aromatic carbocycles. The highest BCUT2D eigenvalue weighted by Gasteiger charge is 2.11. The second-order valence-electron chi connectivity index (χ2n) is 5.80. The third-order valence-electron chi connectivity index (χ3n) is 3.92. The molecule has 0 aliphatic rings. The Bertz CT molecular complexity index is 897. The molecule has 25 heavy (non-hydrogen) atoms. The van der Waals surface area contributed by atoms with Crippen molar-refractivity contribution in [2.24, 2.45) is 0 Å². The predicted octanol–water partition coefficient (Wildman–Crippen LogP) is 4.76. The standard InChI is InChI=1S/C21H20N2OS/c1-15-8-6-7-11-18(15)21-23-16(2)19(25-21)14-22-20(24)13-12-17-9-4-3-5-10-17/h3-13H,14H2,1-2H3,(H,22,24)/b13-12+. The second kappa shape index (κ2) is 7.90. The Kier molecular flexibility index (Phi) is 5.41. The maximum Gasteiger partial charge on any atom is 0.244 e. The molecule has 0 radical (unpaired) electrons. The van der Waals surface area contributed by atoms with Gasteiger partial charge in [0.1, 0.15) is 5.01 Å². The first-order chi connectivity index (χ1) is 12.1. The number of amides is 1. The van der Waals surface area contributed by atoms with Crippen molar-refractivity contribution < 1.29 is 4.79 Å². The van der Waals surface area contributed by atoms with Crippen molar-refractivity contribution in [2.45, 2.75) is 20.4 Å². The minimum Gasteiger partial charge on any atom is -0.348 e. The topological polar surface area (TPSA) is 42.0 Å². The largest absolute Gasteiger partial charge is 0.348 e. The number of hydrogen-bond donors (Lipinski definition) is 1. The molecule has 1 heterocycles. The highest BCUT2D eigenvalue weighted by atomic mass is 32.1. The molecule has 0 aliphatic carbocycles. The van der Waals surface area contributed by atoms with E-state index in [9.17, 15) is 4.79 Å². The normalized spacial score (nSPS) is 11.0. The molecule has 1 aromatic heterocycles. The van der Waals surface area contributed by atoms with E-state index in [1.165, 1.54) is 5.56 Å². The summed E-state index contributed by atoms with van der Waals surface area (Å²) in [6, 6.07) is 18.0. The summed E-state index contributed by atoms with van der Waals surface area (Å²) in [5.74, 6) is -0.103. The molecule has 1 amide bonds. The lowest BCUT2D eigenvalue weighted by atomic mass is 10.1. The minimum atomic E-state index is -0.103. The summed E-state index contributed by atoms with van der Waals surface area (Å²) in [5, 5.41) is 3.93. The summed E-state index contributed by atoms with van der Waals surface area (Å²) in [6.45, 7) is 4.56. The quantitative estimate of drug-likeness (QED) is 0.676. The Labute approximate surface area is 152 Å². The summed E-state index contributed by atoms with van der Waals surface area (Å²) in [4.78, 5) is 17.8. The average Bonchev–Trinajstić information content (AvgIpc) is 3.00. The van der Waals surface area contributed by atoms with Crippen LogP contribution in [0.5, 0.6) is 0 Å². The summed E-state index contributed by atoms with van der Waals surface area (Å²) in [5.41, 5.74) is 4.33. The van der Waals surface area contributed by atoms with Crippen LogP contribution in [0.15, 0.2) is 60.7 Å². The van der Waals surface area contributed by atoms with Crippen molar-refractivity contribution in [2.75, 3.05) is 0 Å². The lowest BCUT2D eigenvalue weighted by Gasteiger charge is -2.01. The summed E-state index contributed by atoms with van der Waals surface area (Å²) < 4.78 is 0. The van der Waals surface area contributed by atoms with Gasteiger partial charge in [0, 0.05) is 16.5 Å². The van der Waals surface area contributed by atoms with Crippen LogP contribution in [0, 0.1) is 13.8 Å². The van der Waals surface area contributed by atoms with Gasteiger partial charge in [-0.2, -0.15) is 0 Å². The van der Waals surface area contributed by atoms with Crippen LogP contribution in [0.1, 0.15) is 21.7 Å². The van der Waals surface area contributed by atoms with Gasteiger partial charge < -0.3 is 5.32 Å². The van der Waals surface area contributed by atoms with Crippen LogP contribution in [0.4, 0.5) is 0 Å². The number of hydrogen-bond acceptors (Lipinski definition) is 3. The zero-order valence-electron chi connectivity index (χ0n) is 14.3. The number of carbonyl (C=O) groups excluding carboxylic acids is 1. The molecule has 0 atom stereocenters. The molecule has 0 saturated heterocycles. The number of benzene rings is 2. The molecular weight excluding hydrogens is 328 g/mol. The van der Waals surface area contributed by atoms with E-state index < -0.39 is 0 Å². The zero-order valence-corrected chi connectivity index (χ0v) is 15.1. The van der Waals surface area contributed by atoms with Crippen molar-refractivity contribution in [3.8, 4) is 10.6 Å². The maximum absolute atomic E-state index is 12.0. The van der Waals surface area contributed by atoms with E-state index in [-0.39, 0.29) is 5.91 Å². The highest BCUT2D eigenvalue weighted by Crippen LogP contribution is 2.29. The van der Waals surface area contributed by atoms with Gasteiger partial charge in [-0.15, -0.1) is 11.3 Å². The third-order valence-corrected chi connectivity index (χ3v) is 5.11. The lowest BCUT2D eigenvalue weighted by molar-refractivity contribution is -0.116. The fourth-order valence-corrected chi connectivity index (χ4v) is 3.58. The Morgan fingerprint density at radius 3 is 2.56 bits per heavy atom. The number of aryl methyl sites for hydroxylation is 2. The van der Waals surface area contributed by atoms with Crippen molar-refractivity contribution in [1.82, 2.24) is 10.3 Å². The second-order valence-corrected chi connectivity index (χ2v) is 6.89. The summed E-state index contributed by atoms with van der Waals surface area (Å²) >= 11 is 1.63. The first kappa shape index (κ1) is 17.1. The van der Waals surface area contributed by atoms with Gasteiger partial charge in [0.25, 0.3) is 0 Å². The van der Waals surface area contributed by atoms with E-state index in [4.69, 9.17) is 0 Å². The molecule has 126 valence electrons. The van der Waals surface area contributed by atoms with Crippen LogP contribution >= 0.6 is 11.3 Å². The van der Waals surface area contributed by atoms with Crippen molar-refractivity contribution in [1.29, 1.82) is 0 Å². The smallest absolute Gasteiger partial charge is 0.244 e. The minimum absolute atomic E-state index is 0.103. The molecule has 3 aromatic rings. The molecule has 0 bridgehead atoms. The first-order valence-electron chi connectivity index (χ1n) is 8.17. The fraction of sp³-hybridized carbons (Fsp3) is 0.143. The zero-order chi connectivity index (χ0) is 17.6. The van der Waals surface area contributed by atoms with E-state index in [1.54, 1.807) is 17.4 Å². The van der Waals surface area contributed by atoms with Gasteiger partial charge in [-0.3, -0.25) is 4.79 Å². The fourth-order valence-electron chi connectivity index (χ4n) is 2.48. The third kappa shape index (κ3) is 4.43. The predicted molar refractivity (Wildman–Crippen MR) is 104 cm³/mol. The van der Waals surface area contributed by atoms with Crippen LogP contribution in [0.3, 0.4) is 0 Å². The van der Waals surface area contributed by atoms with Crippen LogP contribution in [0.2, 0.25) is 0 Å². The molecule has 0 spiro atoms. The molecule has 3 nitrogen and oxygen atoms in total. The number of carbonyl (C=O) groups is 1. The average molecular weight is 348 g/mol. The molecule has 4 heteroatoms. The highest BCUT2D eigenvalue weighted by molar-refractivity contribution is 7.15. The van der Waals surface area contributed by atoms with Crippen molar-refractivity contribution in [3.63, 3.8) is 0 Å². The van der Waals surface area contributed by atoms with Crippen molar-refractivity contribution in [3.05, 3.63) is 82.4 Å². The maximum atomic E-state index is 12.0. The van der Waals surface area contributed by atoms with E-state index in [0.717, 1.165) is 26.7 Å². The lowest BCUT2D eigenvalue weighted by Crippen LogP contribution is -2.20. The Hall–Kier alpha value is -2.72. The summed E-state index contributed by atoms with van der Waals surface area (Å²) in [6.07, 6.45) is 3.38. The van der Waals surface area contributed by atoms with Gasteiger partial charge >= 0.3 is 0 Å². The molecule has 3 rings (SSSR count).